The molecular formula is C21H36N3O13P. The second-order valence-corrected chi connectivity index (χ2v) is 11.5. The number of carbonyl (C=O) groups excluding carboxylic acids is 1. The fourth-order valence-electron chi connectivity index (χ4n) is 2.86. The fourth-order valence-corrected chi connectivity index (χ4v) is 3.19. The summed E-state index contributed by atoms with van der Waals surface area (Å²) in [5, 5.41) is 46.9. The molecule has 0 aliphatic carbocycles. The van der Waals surface area contributed by atoms with E-state index in [9.17, 15) is 44.1 Å². The number of aromatic nitrogens is 1. The lowest BCUT2D eigenvalue weighted by Crippen LogP contribution is -2.46. The number of carboxylic acids is 3. The van der Waals surface area contributed by atoms with Crippen LogP contribution in [0.4, 0.5) is 0 Å². The van der Waals surface area contributed by atoms with Crippen LogP contribution in [0.3, 0.4) is 0 Å². The Morgan fingerprint density at radius 1 is 1.00 bits per heavy atom. The lowest BCUT2D eigenvalue weighted by Gasteiger charge is -2.30. The Balaban J connectivity index is 0.000000705. The van der Waals surface area contributed by atoms with Crippen LogP contribution in [-0.2, 0) is 23.4 Å². The third-order valence-corrected chi connectivity index (χ3v) is 4.77. The first-order valence-electron chi connectivity index (χ1n) is 11.0. The maximum Gasteiger partial charge on any atom is 0.359 e. The number of ether oxygens (including phenoxy) is 1. The van der Waals surface area contributed by atoms with E-state index >= 15 is 0 Å². The maximum atomic E-state index is 10.8. The van der Waals surface area contributed by atoms with Crippen molar-refractivity contribution in [2.75, 3.05) is 62.0 Å². The second kappa shape index (κ2) is 14.6. The summed E-state index contributed by atoms with van der Waals surface area (Å²) in [5.41, 5.74) is -0.184. The van der Waals surface area contributed by atoms with E-state index in [-0.39, 0.29) is 18.7 Å². The summed E-state index contributed by atoms with van der Waals surface area (Å²) in [5.74, 6) is -2.95. The minimum atomic E-state index is -5.24. The molecule has 1 aromatic heterocycles. The maximum absolute atomic E-state index is 10.8. The minimum Gasteiger partial charge on any atom is -0.790 e. The van der Waals surface area contributed by atoms with Crippen LogP contribution >= 0.6 is 7.82 Å². The monoisotopic (exact) mass is 569 g/mol. The molecule has 218 valence electrons. The van der Waals surface area contributed by atoms with Gasteiger partial charge in [-0.3, -0.25) is 0 Å². The number of pyridine rings is 1. The molecule has 0 aromatic carbocycles. The molecule has 0 unspecified atom stereocenters. The quantitative estimate of drug-likeness (QED) is 0.124. The number of likely N-dealkylation sites (N-methyl/N-ethyl adjacent to an activating group) is 2. The van der Waals surface area contributed by atoms with Crippen molar-refractivity contribution < 1.29 is 77.1 Å². The van der Waals surface area contributed by atoms with Gasteiger partial charge in [-0.05, 0) is 6.07 Å². The van der Waals surface area contributed by atoms with Crippen LogP contribution in [0.25, 0.3) is 0 Å². The molecule has 2 rings (SSSR count). The van der Waals surface area contributed by atoms with Gasteiger partial charge in [-0.1, -0.05) is 0 Å². The van der Waals surface area contributed by atoms with Crippen LogP contribution in [0, 0.1) is 0 Å². The number of aliphatic hydroxyl groups excluding tert-OH is 2. The van der Waals surface area contributed by atoms with Gasteiger partial charge in [-0.15, -0.1) is 0 Å². The van der Waals surface area contributed by atoms with Gasteiger partial charge in [-0.2, -0.15) is 4.57 Å². The zero-order valence-electron chi connectivity index (χ0n) is 22.0. The van der Waals surface area contributed by atoms with E-state index in [4.69, 9.17) is 14.9 Å². The molecule has 0 spiro atoms. The zero-order valence-corrected chi connectivity index (χ0v) is 22.9. The Kier molecular flexibility index (Phi) is 13.6. The lowest BCUT2D eigenvalue weighted by molar-refractivity contribution is -0.862. The average Bonchev–Trinajstić information content (AvgIpc) is 2.97. The highest BCUT2D eigenvalue weighted by Crippen LogP contribution is 2.30. The Bertz CT molecular complexity index is 961. The van der Waals surface area contributed by atoms with Crippen LogP contribution in [-0.4, -0.2) is 128 Å². The van der Waals surface area contributed by atoms with E-state index in [0.717, 1.165) is 6.20 Å². The number of phosphoric acid groups is 1. The van der Waals surface area contributed by atoms with Gasteiger partial charge in [0.05, 0.1) is 68.2 Å². The summed E-state index contributed by atoms with van der Waals surface area (Å²) >= 11 is 0. The highest BCUT2D eigenvalue weighted by molar-refractivity contribution is 7.43. The summed E-state index contributed by atoms with van der Waals surface area (Å²) in [6.45, 7) is -0.403. The molecule has 1 fully saturated rings. The molecule has 0 saturated carbocycles. The smallest absolute Gasteiger partial charge is 0.359 e. The second-order valence-electron chi connectivity index (χ2n) is 10.3. The van der Waals surface area contributed by atoms with Crippen LogP contribution < -0.4 is 19.5 Å². The number of aliphatic carboxylic acids is 2. The molecule has 4 N–H and O–H groups in total. The van der Waals surface area contributed by atoms with Gasteiger partial charge in [0.15, 0.2) is 31.6 Å². The molecule has 1 aliphatic heterocycles. The van der Waals surface area contributed by atoms with E-state index in [2.05, 4.69) is 4.52 Å². The van der Waals surface area contributed by atoms with Crippen molar-refractivity contribution >= 4 is 25.7 Å². The van der Waals surface area contributed by atoms with Gasteiger partial charge >= 0.3 is 11.9 Å². The minimum absolute atomic E-state index is 0.181. The zero-order chi connectivity index (χ0) is 30.1. The first-order chi connectivity index (χ1) is 17.0. The van der Waals surface area contributed by atoms with Gasteiger partial charge < -0.3 is 62.9 Å². The number of hydrogen-bond acceptors (Lipinski definition) is 11. The molecule has 17 heteroatoms. The van der Waals surface area contributed by atoms with Crippen molar-refractivity contribution in [1.29, 1.82) is 0 Å². The van der Waals surface area contributed by atoms with Crippen molar-refractivity contribution in [1.82, 2.24) is 0 Å². The first-order valence-corrected chi connectivity index (χ1v) is 12.4. The van der Waals surface area contributed by atoms with Crippen LogP contribution in [0.15, 0.2) is 24.5 Å². The molecule has 1 aromatic rings. The third kappa shape index (κ3) is 15.7. The summed E-state index contributed by atoms with van der Waals surface area (Å²) in [4.78, 5) is 51.6. The number of rotatable bonds is 9. The summed E-state index contributed by atoms with van der Waals surface area (Å²) in [6, 6.07) is 2.62. The number of hydrogen-bond donors (Lipinski definition) is 4. The van der Waals surface area contributed by atoms with Gasteiger partial charge in [-0.25, -0.2) is 9.59 Å². The lowest BCUT2D eigenvalue weighted by atomic mass is 10.1. The van der Waals surface area contributed by atoms with Crippen molar-refractivity contribution in [3.63, 3.8) is 0 Å². The number of aliphatic hydroxyl groups is 2. The summed E-state index contributed by atoms with van der Waals surface area (Å²) in [7, 11) is 5.81. The highest BCUT2D eigenvalue weighted by Gasteiger charge is 2.48. The van der Waals surface area contributed by atoms with Crippen molar-refractivity contribution in [2.24, 2.45) is 0 Å². The Hall–Kier alpha value is -2.53. The molecule has 4 atom stereocenters. The number of aromatic carboxylic acids is 1. The fraction of sp³-hybridized carbons (Fsp3) is 0.619. The Morgan fingerprint density at radius 3 is 1.82 bits per heavy atom. The summed E-state index contributed by atoms with van der Waals surface area (Å²) in [6.07, 6.45) is -2.95. The molecular weight excluding hydrogens is 533 g/mol. The van der Waals surface area contributed by atoms with Gasteiger partial charge in [0.2, 0.25) is 0 Å². The van der Waals surface area contributed by atoms with Crippen molar-refractivity contribution in [3.05, 3.63) is 30.1 Å². The SMILES string of the molecule is C[N+](C)(C)CC(=O)O.C[N+](C)(C)CC(=O)O.O=C([O-])c1ccc[n+]([C@@H]2O[C@H](COP(=O)([O-])[O-])[C@@H](O)[C@H]2O)c1. The third-order valence-electron chi connectivity index (χ3n) is 4.31. The predicted molar refractivity (Wildman–Crippen MR) is 122 cm³/mol. The molecule has 0 amide bonds. The summed E-state index contributed by atoms with van der Waals surface area (Å²) < 4.78 is 21.8. The number of carbonyl (C=O) groups is 3. The predicted octanol–water partition coefficient (Wildman–Crippen LogP) is -4.64. The van der Waals surface area contributed by atoms with Crippen molar-refractivity contribution in [3.8, 4) is 0 Å². The van der Waals surface area contributed by atoms with Gasteiger partial charge in [0, 0.05) is 6.07 Å². The Morgan fingerprint density at radius 2 is 1.47 bits per heavy atom. The first kappa shape index (κ1) is 35.5. The Labute approximate surface area is 219 Å². The molecule has 2 heterocycles. The van der Waals surface area contributed by atoms with Gasteiger partial charge in [0.25, 0.3) is 6.23 Å². The molecule has 0 bridgehead atoms. The largest absolute Gasteiger partial charge is 0.790 e. The number of nitrogens with zero attached hydrogens (tertiary/aromatic N) is 3. The van der Waals surface area contributed by atoms with E-state index in [1.165, 1.54) is 22.9 Å². The average molecular weight is 570 g/mol. The molecule has 0 radical (unpaired) electrons. The topological polar surface area (TPSA) is 241 Å². The molecule has 1 aliphatic rings. The van der Waals surface area contributed by atoms with Crippen LogP contribution in [0.5, 0.6) is 0 Å². The number of carboxylic acid groups (broad SMARTS) is 3. The van der Waals surface area contributed by atoms with Crippen molar-refractivity contribution in [2.45, 2.75) is 24.5 Å². The molecule has 1 saturated heterocycles. The van der Waals surface area contributed by atoms with Gasteiger partial charge in [0.1, 0.15) is 12.2 Å². The van der Waals surface area contributed by atoms with Crippen LogP contribution in [0.1, 0.15) is 16.6 Å². The number of phosphoric ester groups is 1. The van der Waals surface area contributed by atoms with E-state index in [0.29, 0.717) is 8.97 Å². The number of quaternary nitrogens is 2. The van der Waals surface area contributed by atoms with E-state index in [1.54, 1.807) is 0 Å². The van der Waals surface area contributed by atoms with E-state index < -0.39 is 56.9 Å². The standard InChI is InChI=1S/C11H14NO9P.2C5H11NO2/c13-8-7(5-20-22(17,18)19)21-10(9(8)14)12-3-1-2-6(4-12)11(15)16;2*1-6(2,3)4-5(7)8/h1-4,7-10,13-14H,5H2,(H2-,15,16,17,18,19);2*4H2,1-3H3/t7-,8-,9-,10-;;/m1../s1. The molecule has 38 heavy (non-hydrogen) atoms. The highest BCUT2D eigenvalue weighted by atomic mass is 31.2. The van der Waals surface area contributed by atoms with Crippen LogP contribution in [0.2, 0.25) is 0 Å². The molecule has 16 nitrogen and oxygen atoms in total. The van der Waals surface area contributed by atoms with E-state index in [1.807, 2.05) is 42.3 Å². The normalized spacial score (nSPS) is 21.4.